The van der Waals surface area contributed by atoms with Crippen molar-refractivity contribution in [3.63, 3.8) is 0 Å². The van der Waals surface area contributed by atoms with Crippen LogP contribution in [0.3, 0.4) is 0 Å². The molecular formula is C8H11ClN2O2. The van der Waals surface area contributed by atoms with Gasteiger partial charge in [0.25, 0.3) is 0 Å². The maximum absolute atomic E-state index is 10.8. The number of aromatic nitrogens is 2. The fourth-order valence-corrected chi connectivity index (χ4v) is 1.07. The van der Waals surface area contributed by atoms with Crippen LogP contribution in [-0.2, 0) is 16.1 Å². The molecule has 0 aromatic carbocycles. The summed E-state index contributed by atoms with van der Waals surface area (Å²) in [5.41, 5.74) is 0.770. The molecule has 1 aromatic heterocycles. The van der Waals surface area contributed by atoms with Crippen LogP contribution in [0.5, 0.6) is 0 Å². The molecule has 0 aliphatic heterocycles. The third kappa shape index (κ3) is 2.73. The number of carbonyl (C=O) groups excluding carboxylic acids is 1. The van der Waals surface area contributed by atoms with Crippen LogP contribution in [-0.4, -0.2) is 22.9 Å². The van der Waals surface area contributed by atoms with Crippen molar-refractivity contribution in [3.05, 3.63) is 16.9 Å². The standard InChI is InChI=1S/C8H11ClN2O2/c1-6-7(9)5-11(10-6)4-3-8(12)13-2/h5H,3-4H2,1-2H3. The first-order valence-electron chi connectivity index (χ1n) is 3.90. The predicted molar refractivity (Wildman–Crippen MR) is 48.6 cm³/mol. The number of hydrogen-bond acceptors (Lipinski definition) is 3. The zero-order valence-electron chi connectivity index (χ0n) is 7.58. The van der Waals surface area contributed by atoms with Gasteiger partial charge in [0, 0.05) is 6.20 Å². The van der Waals surface area contributed by atoms with Crippen LogP contribution in [0, 0.1) is 6.92 Å². The average Bonchev–Trinajstić information content (AvgIpc) is 2.42. The number of rotatable bonds is 3. The molecule has 0 unspecified atom stereocenters. The average molecular weight is 203 g/mol. The van der Waals surface area contributed by atoms with Crippen LogP contribution in [0.15, 0.2) is 6.20 Å². The van der Waals surface area contributed by atoms with Gasteiger partial charge in [-0.2, -0.15) is 5.10 Å². The van der Waals surface area contributed by atoms with Crippen LogP contribution in [0.2, 0.25) is 5.02 Å². The number of hydrogen-bond donors (Lipinski definition) is 0. The van der Waals surface area contributed by atoms with Crippen LogP contribution in [0.25, 0.3) is 0 Å². The summed E-state index contributed by atoms with van der Waals surface area (Å²) in [6.07, 6.45) is 2.01. The van der Waals surface area contributed by atoms with Crippen molar-refractivity contribution >= 4 is 17.6 Å². The summed E-state index contributed by atoms with van der Waals surface area (Å²) >= 11 is 5.78. The number of nitrogens with zero attached hydrogens (tertiary/aromatic N) is 2. The lowest BCUT2D eigenvalue weighted by Gasteiger charge is -1.98. The van der Waals surface area contributed by atoms with E-state index in [9.17, 15) is 4.79 Å². The Morgan fingerprint density at radius 3 is 2.92 bits per heavy atom. The highest BCUT2D eigenvalue weighted by atomic mass is 35.5. The molecule has 0 aliphatic rings. The molecule has 0 spiro atoms. The Kier molecular flexibility index (Phi) is 3.31. The highest BCUT2D eigenvalue weighted by molar-refractivity contribution is 6.31. The topological polar surface area (TPSA) is 44.1 Å². The number of aryl methyl sites for hydroxylation is 2. The van der Waals surface area contributed by atoms with Crippen molar-refractivity contribution in [1.29, 1.82) is 0 Å². The minimum atomic E-state index is -0.246. The van der Waals surface area contributed by atoms with Crippen LogP contribution in [0.4, 0.5) is 0 Å². The van der Waals surface area contributed by atoms with Crippen molar-refractivity contribution < 1.29 is 9.53 Å². The Labute approximate surface area is 81.4 Å². The lowest BCUT2D eigenvalue weighted by molar-refractivity contribution is -0.140. The SMILES string of the molecule is COC(=O)CCn1cc(Cl)c(C)n1. The Morgan fingerprint density at radius 2 is 2.46 bits per heavy atom. The van der Waals surface area contributed by atoms with Crippen LogP contribution < -0.4 is 0 Å². The van der Waals surface area contributed by atoms with E-state index in [0.29, 0.717) is 18.0 Å². The highest BCUT2D eigenvalue weighted by Crippen LogP contribution is 2.12. The Balaban J connectivity index is 2.50. The lowest BCUT2D eigenvalue weighted by Crippen LogP contribution is -2.07. The van der Waals surface area contributed by atoms with Gasteiger partial charge in [0.2, 0.25) is 0 Å². The van der Waals surface area contributed by atoms with Gasteiger partial charge < -0.3 is 4.74 Å². The van der Waals surface area contributed by atoms with E-state index in [4.69, 9.17) is 11.6 Å². The van der Waals surface area contributed by atoms with Gasteiger partial charge in [-0.1, -0.05) is 11.6 Å². The molecule has 1 heterocycles. The quantitative estimate of drug-likeness (QED) is 0.697. The molecule has 4 nitrogen and oxygen atoms in total. The van der Waals surface area contributed by atoms with E-state index >= 15 is 0 Å². The van der Waals surface area contributed by atoms with Gasteiger partial charge in [-0.05, 0) is 6.92 Å². The van der Waals surface area contributed by atoms with Gasteiger partial charge >= 0.3 is 5.97 Å². The fraction of sp³-hybridized carbons (Fsp3) is 0.500. The number of methoxy groups -OCH3 is 1. The van der Waals surface area contributed by atoms with E-state index < -0.39 is 0 Å². The zero-order valence-corrected chi connectivity index (χ0v) is 8.34. The van der Waals surface area contributed by atoms with E-state index in [-0.39, 0.29) is 5.97 Å². The summed E-state index contributed by atoms with van der Waals surface area (Å²) in [5.74, 6) is -0.246. The second kappa shape index (κ2) is 4.28. The van der Waals surface area contributed by atoms with E-state index in [1.165, 1.54) is 7.11 Å². The predicted octanol–water partition coefficient (Wildman–Crippen LogP) is 1.41. The van der Waals surface area contributed by atoms with Crippen molar-refractivity contribution in [1.82, 2.24) is 9.78 Å². The first-order valence-corrected chi connectivity index (χ1v) is 4.27. The van der Waals surface area contributed by atoms with E-state index in [0.717, 1.165) is 5.69 Å². The Bertz CT molecular complexity index is 290. The minimum Gasteiger partial charge on any atom is -0.469 e. The molecule has 5 heteroatoms. The molecule has 0 aliphatic carbocycles. The van der Waals surface area contributed by atoms with Gasteiger partial charge in [0.05, 0.1) is 30.8 Å². The summed E-state index contributed by atoms with van der Waals surface area (Å²) in [4.78, 5) is 10.8. The molecule has 1 rings (SSSR count). The zero-order chi connectivity index (χ0) is 9.84. The maximum atomic E-state index is 10.8. The maximum Gasteiger partial charge on any atom is 0.307 e. The molecule has 0 bridgehead atoms. The molecular weight excluding hydrogens is 192 g/mol. The number of halogens is 1. The number of ether oxygens (including phenoxy) is 1. The summed E-state index contributed by atoms with van der Waals surface area (Å²) in [7, 11) is 1.36. The normalized spacial score (nSPS) is 10.1. The molecule has 0 amide bonds. The molecule has 0 saturated heterocycles. The Morgan fingerprint density at radius 1 is 1.77 bits per heavy atom. The van der Waals surface area contributed by atoms with Gasteiger partial charge in [-0.25, -0.2) is 0 Å². The van der Waals surface area contributed by atoms with Gasteiger partial charge in [-0.15, -0.1) is 0 Å². The number of esters is 1. The highest BCUT2D eigenvalue weighted by Gasteiger charge is 2.04. The first kappa shape index (κ1) is 10.1. The molecule has 0 fully saturated rings. The molecule has 0 radical (unpaired) electrons. The smallest absolute Gasteiger partial charge is 0.307 e. The van der Waals surface area contributed by atoms with E-state index in [1.807, 2.05) is 6.92 Å². The molecule has 13 heavy (non-hydrogen) atoms. The summed E-state index contributed by atoms with van der Waals surface area (Å²) in [6.45, 7) is 2.32. The van der Waals surface area contributed by atoms with E-state index in [1.54, 1.807) is 10.9 Å². The molecule has 1 aromatic rings. The fourth-order valence-electron chi connectivity index (χ4n) is 0.916. The van der Waals surface area contributed by atoms with Crippen molar-refractivity contribution in [2.24, 2.45) is 0 Å². The monoisotopic (exact) mass is 202 g/mol. The van der Waals surface area contributed by atoms with Crippen molar-refractivity contribution in [2.75, 3.05) is 7.11 Å². The number of carbonyl (C=O) groups is 1. The Hall–Kier alpha value is -1.03. The minimum absolute atomic E-state index is 0.246. The van der Waals surface area contributed by atoms with Crippen LogP contribution in [0.1, 0.15) is 12.1 Å². The summed E-state index contributed by atoms with van der Waals surface area (Å²) < 4.78 is 6.13. The third-order valence-electron chi connectivity index (χ3n) is 1.66. The first-order chi connectivity index (χ1) is 6.13. The molecule has 0 N–H and O–H groups in total. The second-order valence-electron chi connectivity index (χ2n) is 2.65. The molecule has 0 atom stereocenters. The summed E-state index contributed by atoms with van der Waals surface area (Å²) in [6, 6.07) is 0. The van der Waals surface area contributed by atoms with Crippen molar-refractivity contribution in [2.45, 2.75) is 19.9 Å². The van der Waals surface area contributed by atoms with E-state index in [2.05, 4.69) is 9.84 Å². The van der Waals surface area contributed by atoms with Gasteiger partial charge in [0.15, 0.2) is 0 Å². The van der Waals surface area contributed by atoms with Gasteiger partial charge in [-0.3, -0.25) is 9.48 Å². The largest absolute Gasteiger partial charge is 0.469 e. The summed E-state index contributed by atoms with van der Waals surface area (Å²) in [5, 5.41) is 4.71. The van der Waals surface area contributed by atoms with Crippen LogP contribution >= 0.6 is 11.6 Å². The van der Waals surface area contributed by atoms with Crippen molar-refractivity contribution in [3.8, 4) is 0 Å². The molecule has 0 saturated carbocycles. The van der Waals surface area contributed by atoms with Gasteiger partial charge in [0.1, 0.15) is 0 Å². The lowest BCUT2D eigenvalue weighted by atomic mass is 10.4. The third-order valence-corrected chi connectivity index (χ3v) is 2.03. The second-order valence-corrected chi connectivity index (χ2v) is 3.06. The molecule has 72 valence electrons.